The van der Waals surface area contributed by atoms with E-state index in [0.29, 0.717) is 47.2 Å². The summed E-state index contributed by atoms with van der Waals surface area (Å²) in [5.74, 6) is 2.00. The van der Waals surface area contributed by atoms with E-state index >= 15 is 0 Å². The van der Waals surface area contributed by atoms with Crippen LogP contribution in [0.5, 0.6) is 0 Å². The van der Waals surface area contributed by atoms with Crippen molar-refractivity contribution in [1.82, 2.24) is 0 Å². The SMILES string of the molecule is CCOC(=O)c1ccc(NC(=O)c2ccc3c(c2)C2C4CCC(C4)C2C(c2ccccc2)N3)cc1. The molecule has 2 saturated carbocycles. The largest absolute Gasteiger partial charge is 0.462 e. The number of esters is 1. The average Bonchev–Trinajstić information content (AvgIpc) is 3.52. The van der Waals surface area contributed by atoms with Gasteiger partial charge in [-0.15, -0.1) is 0 Å². The Labute approximate surface area is 205 Å². The number of rotatable bonds is 5. The maximum atomic E-state index is 13.1. The van der Waals surface area contributed by atoms with Gasteiger partial charge in [-0.05, 0) is 103 Å². The molecular weight excluding hydrogens is 436 g/mol. The first-order valence-corrected chi connectivity index (χ1v) is 12.7. The molecule has 3 aromatic carbocycles. The number of anilines is 2. The zero-order valence-electron chi connectivity index (χ0n) is 19.9. The first-order chi connectivity index (χ1) is 17.1. The first kappa shape index (κ1) is 21.9. The maximum absolute atomic E-state index is 13.1. The van der Waals surface area contributed by atoms with Gasteiger partial charge in [0.1, 0.15) is 0 Å². The van der Waals surface area contributed by atoms with Gasteiger partial charge in [0.25, 0.3) is 5.91 Å². The summed E-state index contributed by atoms with van der Waals surface area (Å²) in [6.07, 6.45) is 3.90. The number of nitrogens with one attached hydrogen (secondary N) is 2. The Bertz CT molecular complexity index is 1250. The van der Waals surface area contributed by atoms with Crippen LogP contribution in [0, 0.1) is 17.8 Å². The Morgan fingerprint density at radius 2 is 1.69 bits per heavy atom. The van der Waals surface area contributed by atoms with Gasteiger partial charge >= 0.3 is 5.97 Å². The van der Waals surface area contributed by atoms with Crippen molar-refractivity contribution in [3.8, 4) is 0 Å². The molecule has 1 heterocycles. The minimum atomic E-state index is -0.359. The third-order valence-electron chi connectivity index (χ3n) is 8.16. The number of fused-ring (bicyclic) bond motifs is 7. The smallest absolute Gasteiger partial charge is 0.338 e. The van der Waals surface area contributed by atoms with Crippen LogP contribution in [0.15, 0.2) is 72.8 Å². The molecule has 1 aliphatic heterocycles. The molecule has 35 heavy (non-hydrogen) atoms. The third kappa shape index (κ3) is 3.89. The van der Waals surface area contributed by atoms with Crippen molar-refractivity contribution >= 4 is 23.3 Å². The van der Waals surface area contributed by atoms with Crippen LogP contribution in [0.4, 0.5) is 11.4 Å². The summed E-state index contributed by atoms with van der Waals surface area (Å²) < 4.78 is 5.03. The predicted molar refractivity (Wildman–Crippen MR) is 137 cm³/mol. The van der Waals surface area contributed by atoms with Gasteiger partial charge in [-0.3, -0.25) is 4.79 Å². The Kier molecular flexibility index (Phi) is 5.56. The van der Waals surface area contributed by atoms with E-state index in [4.69, 9.17) is 4.74 Å². The van der Waals surface area contributed by atoms with Gasteiger partial charge in [-0.1, -0.05) is 30.3 Å². The summed E-state index contributed by atoms with van der Waals surface area (Å²) in [5.41, 5.74) is 5.59. The van der Waals surface area contributed by atoms with Gasteiger partial charge in [0, 0.05) is 16.9 Å². The van der Waals surface area contributed by atoms with Crippen molar-refractivity contribution in [3.63, 3.8) is 0 Å². The van der Waals surface area contributed by atoms with Crippen LogP contribution < -0.4 is 10.6 Å². The predicted octanol–water partition coefficient (Wildman–Crippen LogP) is 6.41. The fraction of sp³-hybridized carbons (Fsp3) is 0.333. The average molecular weight is 467 g/mol. The van der Waals surface area contributed by atoms with E-state index < -0.39 is 0 Å². The van der Waals surface area contributed by atoms with Crippen molar-refractivity contribution < 1.29 is 14.3 Å². The molecular formula is C30H30N2O3. The van der Waals surface area contributed by atoms with Crippen LogP contribution in [0.25, 0.3) is 0 Å². The normalized spacial score (nSPS) is 25.8. The fourth-order valence-corrected chi connectivity index (χ4v) is 6.72. The van der Waals surface area contributed by atoms with Crippen LogP contribution in [-0.4, -0.2) is 18.5 Å². The van der Waals surface area contributed by atoms with Crippen LogP contribution in [0.3, 0.4) is 0 Å². The number of hydrogen-bond acceptors (Lipinski definition) is 4. The monoisotopic (exact) mass is 466 g/mol. The number of carbonyl (C=O) groups is 2. The summed E-state index contributed by atoms with van der Waals surface area (Å²) >= 11 is 0. The summed E-state index contributed by atoms with van der Waals surface area (Å²) in [6, 6.07) is 24.0. The Morgan fingerprint density at radius 1 is 0.943 bits per heavy atom. The minimum Gasteiger partial charge on any atom is -0.462 e. The minimum absolute atomic E-state index is 0.137. The van der Waals surface area contributed by atoms with Gasteiger partial charge in [0.2, 0.25) is 0 Å². The molecule has 0 saturated heterocycles. The standard InChI is InChI=1S/C30H30N2O3/c1-2-35-30(34)19-10-13-23(14-11-19)31-29(33)22-12-15-25-24(17-22)26-20-8-9-21(16-20)27(26)28(32-25)18-6-4-3-5-7-18/h3-7,10-15,17,20-21,26-28,32H,2,8-9,16H2,1H3,(H,31,33). The quantitative estimate of drug-likeness (QED) is 0.426. The highest BCUT2D eigenvalue weighted by Crippen LogP contribution is 2.63. The molecule has 0 radical (unpaired) electrons. The van der Waals surface area contributed by atoms with Crippen molar-refractivity contribution in [2.75, 3.05) is 17.2 Å². The van der Waals surface area contributed by atoms with E-state index in [1.54, 1.807) is 31.2 Å². The molecule has 1 amide bonds. The fourth-order valence-electron chi connectivity index (χ4n) is 6.72. The zero-order chi connectivity index (χ0) is 23.9. The van der Waals surface area contributed by atoms with Gasteiger partial charge in [0.05, 0.1) is 18.2 Å². The van der Waals surface area contributed by atoms with Gasteiger partial charge in [-0.2, -0.15) is 0 Å². The van der Waals surface area contributed by atoms with Crippen LogP contribution in [-0.2, 0) is 4.74 Å². The number of benzene rings is 3. The van der Waals surface area contributed by atoms with E-state index in [1.807, 2.05) is 6.07 Å². The second-order valence-electron chi connectivity index (χ2n) is 10.0. The van der Waals surface area contributed by atoms with Gasteiger partial charge in [0.15, 0.2) is 0 Å². The molecule has 5 heteroatoms. The second-order valence-corrected chi connectivity index (χ2v) is 10.0. The lowest BCUT2D eigenvalue weighted by atomic mass is 9.68. The van der Waals surface area contributed by atoms with Crippen molar-refractivity contribution in [1.29, 1.82) is 0 Å². The van der Waals surface area contributed by atoms with Crippen molar-refractivity contribution in [3.05, 3.63) is 95.1 Å². The van der Waals surface area contributed by atoms with E-state index in [9.17, 15) is 9.59 Å². The lowest BCUT2D eigenvalue weighted by Crippen LogP contribution is -2.35. The molecule has 0 spiro atoms. The molecule has 0 aromatic heterocycles. The second kappa shape index (κ2) is 8.88. The number of hydrogen-bond donors (Lipinski definition) is 2. The molecule has 178 valence electrons. The summed E-state index contributed by atoms with van der Waals surface area (Å²) in [7, 11) is 0. The summed E-state index contributed by atoms with van der Waals surface area (Å²) in [4.78, 5) is 25.0. The summed E-state index contributed by atoms with van der Waals surface area (Å²) in [5, 5.41) is 6.82. The third-order valence-corrected chi connectivity index (χ3v) is 8.16. The lowest BCUT2D eigenvalue weighted by Gasteiger charge is -2.43. The van der Waals surface area contributed by atoms with Gasteiger partial charge < -0.3 is 15.4 Å². The molecule has 6 rings (SSSR count). The molecule has 5 nitrogen and oxygen atoms in total. The molecule has 2 aliphatic carbocycles. The van der Waals surface area contributed by atoms with Crippen LogP contribution in [0.2, 0.25) is 0 Å². The number of carbonyl (C=O) groups excluding carboxylic acids is 2. The van der Waals surface area contributed by atoms with Crippen LogP contribution in [0.1, 0.15) is 70.0 Å². The topological polar surface area (TPSA) is 67.4 Å². The van der Waals surface area contributed by atoms with Gasteiger partial charge in [-0.25, -0.2) is 4.79 Å². The first-order valence-electron chi connectivity index (χ1n) is 12.7. The maximum Gasteiger partial charge on any atom is 0.338 e. The highest BCUT2D eigenvalue weighted by molar-refractivity contribution is 6.05. The Balaban J connectivity index is 1.26. The van der Waals surface area contributed by atoms with E-state index in [2.05, 4.69) is 53.1 Å². The molecule has 5 unspecified atom stereocenters. The van der Waals surface area contributed by atoms with Crippen LogP contribution >= 0.6 is 0 Å². The van der Waals surface area contributed by atoms with E-state index in [-0.39, 0.29) is 11.9 Å². The Morgan fingerprint density at radius 3 is 2.46 bits per heavy atom. The highest BCUT2D eigenvalue weighted by Gasteiger charge is 2.53. The molecule has 2 bridgehead atoms. The zero-order valence-corrected chi connectivity index (χ0v) is 19.9. The molecule has 2 fully saturated rings. The molecule has 3 aromatic rings. The number of amides is 1. The highest BCUT2D eigenvalue weighted by atomic mass is 16.5. The molecule has 5 atom stereocenters. The van der Waals surface area contributed by atoms with Crippen molar-refractivity contribution in [2.45, 2.75) is 38.1 Å². The van der Waals surface area contributed by atoms with E-state index in [1.165, 1.54) is 30.4 Å². The van der Waals surface area contributed by atoms with Crippen molar-refractivity contribution in [2.24, 2.45) is 17.8 Å². The Hall–Kier alpha value is -3.60. The number of ether oxygens (including phenoxy) is 1. The van der Waals surface area contributed by atoms with E-state index in [0.717, 1.165) is 11.6 Å². The lowest BCUT2D eigenvalue weighted by molar-refractivity contribution is 0.0526. The summed E-state index contributed by atoms with van der Waals surface area (Å²) in [6.45, 7) is 2.11. The molecule has 2 N–H and O–H groups in total. The molecule has 3 aliphatic rings.